The van der Waals surface area contributed by atoms with Crippen LogP contribution < -0.4 is 10.5 Å². The molecule has 0 bridgehead atoms. The van der Waals surface area contributed by atoms with Crippen LogP contribution in [0.15, 0.2) is 23.2 Å². The highest BCUT2D eigenvalue weighted by Gasteiger charge is 2.06. The Balaban J connectivity index is 3.13. The third-order valence-corrected chi connectivity index (χ3v) is 2.10. The summed E-state index contributed by atoms with van der Waals surface area (Å²) in [4.78, 5) is 3.96. The number of nitrogens with zero attached hydrogens (tertiary/aromatic N) is 1. The van der Waals surface area contributed by atoms with Crippen LogP contribution in [-0.4, -0.2) is 19.5 Å². The summed E-state index contributed by atoms with van der Waals surface area (Å²) in [6, 6.07) is 5.80. The van der Waals surface area contributed by atoms with Crippen LogP contribution in [0, 0.1) is 6.92 Å². The molecule has 0 radical (unpaired) electrons. The molecular formula is C11H16N2O. The van der Waals surface area contributed by atoms with Gasteiger partial charge in [0.15, 0.2) is 0 Å². The molecule has 0 saturated carbocycles. The number of amidine groups is 1. The van der Waals surface area contributed by atoms with Gasteiger partial charge in [-0.1, -0.05) is 12.1 Å². The van der Waals surface area contributed by atoms with Crippen molar-refractivity contribution in [3.63, 3.8) is 0 Å². The Morgan fingerprint density at radius 2 is 2.21 bits per heavy atom. The summed E-state index contributed by atoms with van der Waals surface area (Å²) in [6.07, 6.45) is 0. The average molecular weight is 192 g/mol. The van der Waals surface area contributed by atoms with Gasteiger partial charge in [-0.25, -0.2) is 0 Å². The van der Waals surface area contributed by atoms with Crippen LogP contribution >= 0.6 is 0 Å². The molecule has 0 amide bonds. The lowest BCUT2D eigenvalue weighted by atomic mass is 10.1. The second-order valence-corrected chi connectivity index (χ2v) is 2.97. The maximum atomic E-state index is 5.75. The van der Waals surface area contributed by atoms with E-state index >= 15 is 0 Å². The summed E-state index contributed by atoms with van der Waals surface area (Å²) in [5, 5.41) is 0. The zero-order chi connectivity index (χ0) is 10.6. The first-order valence-corrected chi connectivity index (χ1v) is 4.65. The average Bonchev–Trinajstić information content (AvgIpc) is 2.20. The van der Waals surface area contributed by atoms with Crippen molar-refractivity contribution in [2.24, 2.45) is 10.7 Å². The Morgan fingerprint density at radius 1 is 1.50 bits per heavy atom. The Bertz CT molecular complexity index is 345. The molecule has 3 nitrogen and oxygen atoms in total. The molecule has 0 aliphatic rings. The second-order valence-electron chi connectivity index (χ2n) is 2.97. The van der Waals surface area contributed by atoms with Crippen molar-refractivity contribution in [3.8, 4) is 5.75 Å². The van der Waals surface area contributed by atoms with E-state index in [0.29, 0.717) is 12.4 Å². The number of benzene rings is 1. The summed E-state index contributed by atoms with van der Waals surface area (Å²) in [7, 11) is 1.68. The van der Waals surface area contributed by atoms with Gasteiger partial charge < -0.3 is 10.5 Å². The monoisotopic (exact) mass is 192 g/mol. The van der Waals surface area contributed by atoms with Gasteiger partial charge in [0.2, 0.25) is 0 Å². The van der Waals surface area contributed by atoms with Gasteiger partial charge in [0.1, 0.15) is 11.6 Å². The lowest BCUT2D eigenvalue weighted by Crippen LogP contribution is -2.15. The minimum atomic E-state index is 0.545. The maximum absolute atomic E-state index is 5.75. The Labute approximate surface area is 84.6 Å². The largest absolute Gasteiger partial charge is 0.494 e. The topological polar surface area (TPSA) is 47.6 Å². The van der Waals surface area contributed by atoms with Crippen LogP contribution in [-0.2, 0) is 0 Å². The van der Waals surface area contributed by atoms with Crippen LogP contribution in [0.3, 0.4) is 0 Å². The van der Waals surface area contributed by atoms with Crippen LogP contribution in [0.4, 0.5) is 0 Å². The first kappa shape index (κ1) is 10.6. The van der Waals surface area contributed by atoms with Crippen molar-refractivity contribution in [1.29, 1.82) is 0 Å². The zero-order valence-corrected chi connectivity index (χ0v) is 8.87. The van der Waals surface area contributed by atoms with Gasteiger partial charge in [0, 0.05) is 18.2 Å². The van der Waals surface area contributed by atoms with E-state index in [1.807, 2.05) is 32.0 Å². The van der Waals surface area contributed by atoms with Crippen molar-refractivity contribution in [2.75, 3.05) is 13.7 Å². The molecule has 3 heteroatoms. The standard InChI is InChI=1S/C11H16N2O/c1-4-14-10-7-5-6-9(8(10)2)11(12)13-3/h5-7H,4H2,1-3H3,(H2,12,13). The van der Waals surface area contributed by atoms with E-state index in [1.54, 1.807) is 7.05 Å². The van der Waals surface area contributed by atoms with Gasteiger partial charge in [-0.2, -0.15) is 0 Å². The predicted octanol–water partition coefficient (Wildman–Crippen LogP) is 1.73. The van der Waals surface area contributed by atoms with Gasteiger partial charge >= 0.3 is 0 Å². The number of aliphatic imine (C=N–C) groups is 1. The van der Waals surface area contributed by atoms with E-state index in [9.17, 15) is 0 Å². The van der Waals surface area contributed by atoms with Gasteiger partial charge in [-0.3, -0.25) is 4.99 Å². The quantitative estimate of drug-likeness (QED) is 0.585. The first-order valence-electron chi connectivity index (χ1n) is 4.65. The number of ether oxygens (including phenoxy) is 1. The molecule has 14 heavy (non-hydrogen) atoms. The van der Waals surface area contributed by atoms with Crippen LogP contribution in [0.5, 0.6) is 5.75 Å². The summed E-state index contributed by atoms with van der Waals surface area (Å²) < 4.78 is 5.46. The van der Waals surface area contributed by atoms with E-state index in [4.69, 9.17) is 10.5 Å². The Morgan fingerprint density at radius 3 is 2.79 bits per heavy atom. The number of nitrogens with two attached hydrogens (primary N) is 1. The molecule has 76 valence electrons. The molecule has 1 rings (SSSR count). The second kappa shape index (κ2) is 4.65. The molecule has 0 saturated heterocycles. The van der Waals surface area contributed by atoms with Crippen LogP contribution in [0.2, 0.25) is 0 Å². The summed E-state index contributed by atoms with van der Waals surface area (Å²) in [5.74, 6) is 1.42. The molecule has 0 aliphatic carbocycles. The van der Waals surface area contributed by atoms with Crippen molar-refractivity contribution in [1.82, 2.24) is 0 Å². The number of rotatable bonds is 3. The molecule has 0 heterocycles. The third-order valence-electron chi connectivity index (χ3n) is 2.10. The lowest BCUT2D eigenvalue weighted by molar-refractivity contribution is 0.338. The van der Waals surface area contributed by atoms with Crippen molar-refractivity contribution in [3.05, 3.63) is 29.3 Å². The Hall–Kier alpha value is -1.51. The lowest BCUT2D eigenvalue weighted by Gasteiger charge is -2.10. The van der Waals surface area contributed by atoms with Crippen molar-refractivity contribution >= 4 is 5.84 Å². The zero-order valence-electron chi connectivity index (χ0n) is 8.87. The van der Waals surface area contributed by atoms with Gasteiger partial charge in [-0.15, -0.1) is 0 Å². The highest BCUT2D eigenvalue weighted by atomic mass is 16.5. The summed E-state index contributed by atoms with van der Waals surface area (Å²) >= 11 is 0. The fraction of sp³-hybridized carbons (Fsp3) is 0.364. The maximum Gasteiger partial charge on any atom is 0.125 e. The molecule has 0 fully saturated rings. The molecule has 0 aromatic heterocycles. The molecule has 0 aliphatic heterocycles. The van der Waals surface area contributed by atoms with E-state index in [-0.39, 0.29) is 0 Å². The smallest absolute Gasteiger partial charge is 0.125 e. The molecular weight excluding hydrogens is 176 g/mol. The van der Waals surface area contributed by atoms with Gasteiger partial charge in [0.05, 0.1) is 6.61 Å². The fourth-order valence-corrected chi connectivity index (χ4v) is 1.32. The molecule has 1 aromatic carbocycles. The van der Waals surface area contributed by atoms with Crippen LogP contribution in [0.1, 0.15) is 18.1 Å². The highest BCUT2D eigenvalue weighted by molar-refractivity contribution is 5.99. The number of hydrogen-bond acceptors (Lipinski definition) is 2. The van der Waals surface area contributed by atoms with Gasteiger partial charge in [0.25, 0.3) is 0 Å². The van der Waals surface area contributed by atoms with E-state index in [2.05, 4.69) is 4.99 Å². The van der Waals surface area contributed by atoms with Crippen LogP contribution in [0.25, 0.3) is 0 Å². The SMILES string of the molecule is CCOc1cccc(C(N)=NC)c1C. The van der Waals surface area contributed by atoms with Crippen molar-refractivity contribution in [2.45, 2.75) is 13.8 Å². The third kappa shape index (κ3) is 2.05. The van der Waals surface area contributed by atoms with Gasteiger partial charge in [-0.05, 0) is 19.9 Å². The van der Waals surface area contributed by atoms with E-state index in [0.717, 1.165) is 16.9 Å². The normalized spacial score (nSPS) is 11.5. The van der Waals surface area contributed by atoms with E-state index < -0.39 is 0 Å². The molecule has 0 spiro atoms. The molecule has 0 unspecified atom stereocenters. The minimum absolute atomic E-state index is 0.545. The van der Waals surface area contributed by atoms with E-state index in [1.165, 1.54) is 0 Å². The first-order chi connectivity index (χ1) is 6.70. The number of hydrogen-bond donors (Lipinski definition) is 1. The Kier molecular flexibility index (Phi) is 3.51. The highest BCUT2D eigenvalue weighted by Crippen LogP contribution is 2.20. The molecule has 1 aromatic rings. The molecule has 2 N–H and O–H groups in total. The fourth-order valence-electron chi connectivity index (χ4n) is 1.32. The summed E-state index contributed by atoms with van der Waals surface area (Å²) in [6.45, 7) is 4.61. The predicted molar refractivity (Wildman–Crippen MR) is 59.0 cm³/mol. The van der Waals surface area contributed by atoms with Crippen molar-refractivity contribution < 1.29 is 4.74 Å². The minimum Gasteiger partial charge on any atom is -0.494 e. The summed E-state index contributed by atoms with van der Waals surface area (Å²) in [5.41, 5.74) is 7.74. The molecule has 0 atom stereocenters.